The number of benzene rings is 1. The fourth-order valence-electron chi connectivity index (χ4n) is 2.25. The summed E-state index contributed by atoms with van der Waals surface area (Å²) in [7, 11) is 0. The molecule has 2 heterocycles. The topological polar surface area (TPSA) is 46.3 Å². The summed E-state index contributed by atoms with van der Waals surface area (Å²) in [6.45, 7) is 5.89. The zero-order valence-electron chi connectivity index (χ0n) is 11.1. The second-order valence-corrected chi connectivity index (χ2v) is 6.01. The zero-order valence-corrected chi connectivity index (χ0v) is 11.9. The van der Waals surface area contributed by atoms with E-state index in [-0.39, 0.29) is 0 Å². The lowest BCUT2D eigenvalue weighted by Crippen LogP contribution is -1.97. The molecule has 3 nitrogen and oxygen atoms in total. The number of aliphatic hydroxyl groups excluding tert-OH is 1. The van der Waals surface area contributed by atoms with Gasteiger partial charge in [0.2, 0.25) is 0 Å². The van der Waals surface area contributed by atoms with Crippen molar-refractivity contribution in [3.8, 4) is 0 Å². The molecule has 4 heteroatoms. The number of thiazole rings is 1. The summed E-state index contributed by atoms with van der Waals surface area (Å²) in [6, 6.07) is 7.90. The average Bonchev–Trinajstić information content (AvgIpc) is 2.91. The van der Waals surface area contributed by atoms with Crippen molar-refractivity contribution < 1.29 is 9.52 Å². The van der Waals surface area contributed by atoms with E-state index in [1.54, 1.807) is 0 Å². The Morgan fingerprint density at radius 1 is 1.21 bits per heavy atom. The summed E-state index contributed by atoms with van der Waals surface area (Å²) in [6.07, 6.45) is -0.737. The van der Waals surface area contributed by atoms with Gasteiger partial charge in [0.15, 0.2) is 0 Å². The number of aryl methyl sites for hydroxylation is 3. The highest BCUT2D eigenvalue weighted by atomic mass is 32.1. The van der Waals surface area contributed by atoms with Crippen molar-refractivity contribution in [3.63, 3.8) is 0 Å². The summed E-state index contributed by atoms with van der Waals surface area (Å²) in [4.78, 5) is 5.20. The number of hydrogen-bond donors (Lipinski definition) is 1. The highest BCUT2D eigenvalue weighted by Gasteiger charge is 2.20. The monoisotopic (exact) mass is 273 g/mol. The summed E-state index contributed by atoms with van der Waals surface area (Å²) in [5.41, 5.74) is 2.85. The van der Waals surface area contributed by atoms with Crippen LogP contribution < -0.4 is 0 Å². The first-order valence-corrected chi connectivity index (χ1v) is 6.98. The Kier molecular flexibility index (Phi) is 2.92. The van der Waals surface area contributed by atoms with Crippen LogP contribution in [0, 0.1) is 20.8 Å². The number of furan rings is 1. The Labute approximate surface area is 115 Å². The third kappa shape index (κ3) is 2.17. The molecule has 3 rings (SSSR count). The fraction of sp³-hybridized carbons (Fsp3) is 0.267. The first-order chi connectivity index (χ1) is 9.04. The quantitative estimate of drug-likeness (QED) is 0.770. The van der Waals surface area contributed by atoms with E-state index >= 15 is 0 Å². The Bertz CT molecular complexity index is 742. The molecule has 0 fully saturated rings. The molecule has 0 radical (unpaired) electrons. The minimum Gasteiger partial charge on any atom is -0.458 e. The molecule has 0 saturated heterocycles. The van der Waals surface area contributed by atoms with Crippen molar-refractivity contribution >= 4 is 22.3 Å². The van der Waals surface area contributed by atoms with Crippen LogP contribution in [-0.4, -0.2) is 10.1 Å². The third-order valence-electron chi connectivity index (χ3n) is 3.15. The van der Waals surface area contributed by atoms with Gasteiger partial charge >= 0.3 is 0 Å². The summed E-state index contributed by atoms with van der Waals surface area (Å²) < 4.78 is 5.73. The van der Waals surface area contributed by atoms with Crippen molar-refractivity contribution in [2.75, 3.05) is 0 Å². The maximum absolute atomic E-state index is 10.4. The van der Waals surface area contributed by atoms with Crippen molar-refractivity contribution in [2.24, 2.45) is 0 Å². The van der Waals surface area contributed by atoms with E-state index in [1.807, 2.05) is 39.0 Å². The highest BCUT2D eigenvalue weighted by molar-refractivity contribution is 7.11. The molecule has 19 heavy (non-hydrogen) atoms. The lowest BCUT2D eigenvalue weighted by atomic mass is 10.1. The van der Waals surface area contributed by atoms with E-state index in [1.165, 1.54) is 16.9 Å². The van der Waals surface area contributed by atoms with Gasteiger partial charge in [-0.25, -0.2) is 4.98 Å². The fourth-order valence-corrected chi connectivity index (χ4v) is 3.17. The second kappa shape index (κ2) is 4.47. The highest BCUT2D eigenvalue weighted by Crippen LogP contribution is 2.33. The normalized spacial score (nSPS) is 13.1. The lowest BCUT2D eigenvalue weighted by Gasteiger charge is -2.04. The van der Waals surface area contributed by atoms with Gasteiger partial charge in [0.1, 0.15) is 17.4 Å². The summed E-state index contributed by atoms with van der Waals surface area (Å²) >= 11 is 1.51. The molecule has 0 aliphatic carbocycles. The largest absolute Gasteiger partial charge is 0.458 e. The van der Waals surface area contributed by atoms with Crippen molar-refractivity contribution in [1.29, 1.82) is 0 Å². The van der Waals surface area contributed by atoms with Crippen LogP contribution in [0.15, 0.2) is 28.7 Å². The Balaban J connectivity index is 2.06. The van der Waals surface area contributed by atoms with Crippen molar-refractivity contribution in [1.82, 2.24) is 4.98 Å². The average molecular weight is 273 g/mol. The first-order valence-electron chi connectivity index (χ1n) is 6.16. The molecule has 0 bridgehead atoms. The smallest absolute Gasteiger partial charge is 0.148 e. The zero-order chi connectivity index (χ0) is 13.6. The van der Waals surface area contributed by atoms with Gasteiger partial charge in [0.05, 0.1) is 15.6 Å². The van der Waals surface area contributed by atoms with Crippen LogP contribution in [0.2, 0.25) is 0 Å². The molecule has 1 aromatic carbocycles. The van der Waals surface area contributed by atoms with Gasteiger partial charge in [-0.3, -0.25) is 0 Å². The van der Waals surface area contributed by atoms with E-state index < -0.39 is 6.10 Å². The summed E-state index contributed by atoms with van der Waals surface area (Å²) in [5.74, 6) is 0.576. The molecule has 98 valence electrons. The standard InChI is InChI=1S/C15H15NO2S/c1-8-4-5-12-11(6-8)7-13(18-12)14(17)15-9(2)16-10(3)19-15/h4-7,14,17H,1-3H3. The summed E-state index contributed by atoms with van der Waals surface area (Å²) in [5, 5.41) is 12.4. The molecular formula is C15H15NO2S. The molecule has 2 aromatic heterocycles. The number of aromatic nitrogens is 1. The van der Waals surface area contributed by atoms with Crippen LogP contribution in [0.5, 0.6) is 0 Å². The first kappa shape index (κ1) is 12.4. The van der Waals surface area contributed by atoms with Gasteiger partial charge in [-0.1, -0.05) is 11.6 Å². The van der Waals surface area contributed by atoms with Gasteiger partial charge in [-0.2, -0.15) is 0 Å². The number of aliphatic hydroxyl groups is 1. The van der Waals surface area contributed by atoms with Gasteiger partial charge in [-0.05, 0) is 39.0 Å². The van der Waals surface area contributed by atoms with Crippen LogP contribution in [0.4, 0.5) is 0 Å². The lowest BCUT2D eigenvalue weighted by molar-refractivity contribution is 0.195. The van der Waals surface area contributed by atoms with E-state index in [4.69, 9.17) is 4.42 Å². The van der Waals surface area contributed by atoms with Gasteiger partial charge in [0.25, 0.3) is 0 Å². The molecule has 0 spiro atoms. The van der Waals surface area contributed by atoms with Crippen LogP contribution in [-0.2, 0) is 0 Å². The number of rotatable bonds is 2. The minimum atomic E-state index is -0.737. The molecular weight excluding hydrogens is 258 g/mol. The molecule has 0 saturated carbocycles. The molecule has 1 N–H and O–H groups in total. The molecule has 0 amide bonds. The Hall–Kier alpha value is -1.65. The Morgan fingerprint density at radius 2 is 2.00 bits per heavy atom. The van der Waals surface area contributed by atoms with Crippen LogP contribution in [0.1, 0.15) is 33.0 Å². The van der Waals surface area contributed by atoms with Gasteiger partial charge < -0.3 is 9.52 Å². The second-order valence-electron chi connectivity index (χ2n) is 4.78. The SMILES string of the molecule is Cc1ccc2oc(C(O)c3sc(C)nc3C)cc2c1. The predicted molar refractivity (Wildman–Crippen MR) is 76.6 cm³/mol. The molecule has 0 aliphatic heterocycles. The van der Waals surface area contributed by atoms with E-state index in [2.05, 4.69) is 11.1 Å². The van der Waals surface area contributed by atoms with Gasteiger partial charge in [-0.15, -0.1) is 11.3 Å². The van der Waals surface area contributed by atoms with Crippen LogP contribution >= 0.6 is 11.3 Å². The van der Waals surface area contributed by atoms with Gasteiger partial charge in [0, 0.05) is 5.39 Å². The molecule has 1 unspecified atom stereocenters. The van der Waals surface area contributed by atoms with E-state index in [0.717, 1.165) is 26.5 Å². The van der Waals surface area contributed by atoms with Crippen LogP contribution in [0.3, 0.4) is 0 Å². The predicted octanol–water partition coefficient (Wildman–Crippen LogP) is 3.90. The van der Waals surface area contributed by atoms with Crippen molar-refractivity contribution in [2.45, 2.75) is 26.9 Å². The maximum Gasteiger partial charge on any atom is 0.148 e. The van der Waals surface area contributed by atoms with Crippen molar-refractivity contribution in [3.05, 3.63) is 51.2 Å². The molecule has 0 aliphatic rings. The van der Waals surface area contributed by atoms with Crippen LogP contribution in [0.25, 0.3) is 11.0 Å². The minimum absolute atomic E-state index is 0.576. The van der Waals surface area contributed by atoms with E-state index in [9.17, 15) is 5.11 Å². The number of hydrogen-bond acceptors (Lipinski definition) is 4. The Morgan fingerprint density at radius 3 is 2.68 bits per heavy atom. The number of nitrogens with zero attached hydrogens (tertiary/aromatic N) is 1. The van der Waals surface area contributed by atoms with E-state index in [0.29, 0.717) is 5.76 Å². The third-order valence-corrected chi connectivity index (χ3v) is 4.27. The number of fused-ring (bicyclic) bond motifs is 1. The maximum atomic E-state index is 10.4. The molecule has 1 atom stereocenters. The molecule has 3 aromatic rings.